The van der Waals surface area contributed by atoms with Gasteiger partial charge in [-0.25, -0.2) is 4.39 Å². The molecular weight excluding hydrogens is 197 g/mol. The van der Waals surface area contributed by atoms with Crippen molar-refractivity contribution in [3.05, 3.63) is 35.4 Å². The minimum atomic E-state index is -0.717. The second kappa shape index (κ2) is 3.46. The van der Waals surface area contributed by atoms with Gasteiger partial charge in [-0.1, -0.05) is 12.1 Å². The molecule has 0 bridgehead atoms. The van der Waals surface area contributed by atoms with Crippen LogP contribution in [0, 0.1) is 0 Å². The Morgan fingerprint density at radius 2 is 1.67 bits per heavy atom. The summed E-state index contributed by atoms with van der Waals surface area (Å²) in [5.74, 6) is -0.804. The maximum atomic E-state index is 12.5. The Morgan fingerprint density at radius 1 is 1.20 bits per heavy atom. The molecule has 78 valence electrons. The van der Waals surface area contributed by atoms with E-state index >= 15 is 0 Å². The third kappa shape index (κ3) is 1.33. The predicted octanol–water partition coefficient (Wildman–Crippen LogP) is 1.64. The summed E-state index contributed by atoms with van der Waals surface area (Å²) in [7, 11) is 0. The summed E-state index contributed by atoms with van der Waals surface area (Å²) in [4.78, 5) is 24.5. The van der Waals surface area contributed by atoms with Crippen molar-refractivity contribution >= 4 is 11.8 Å². The van der Waals surface area contributed by atoms with Gasteiger partial charge in [0.15, 0.2) is 0 Å². The van der Waals surface area contributed by atoms with Crippen molar-refractivity contribution in [3.63, 3.8) is 0 Å². The quantitative estimate of drug-likeness (QED) is 0.691. The highest BCUT2D eigenvalue weighted by Crippen LogP contribution is 2.24. The summed E-state index contributed by atoms with van der Waals surface area (Å²) in [5, 5.41) is 0. The lowest BCUT2D eigenvalue weighted by atomic mass is 10.1. The van der Waals surface area contributed by atoms with E-state index in [-0.39, 0.29) is 0 Å². The number of carbonyl (C=O) groups is 2. The lowest BCUT2D eigenvalue weighted by molar-refractivity contribution is 0.0575. The minimum absolute atomic E-state index is 0.364. The number of halogens is 1. The van der Waals surface area contributed by atoms with Crippen LogP contribution < -0.4 is 0 Å². The number of rotatable bonds is 2. The Labute approximate surface area is 86.5 Å². The lowest BCUT2D eigenvalue weighted by Gasteiger charge is -2.18. The number of amides is 2. The monoisotopic (exact) mass is 207 g/mol. The third-order valence-corrected chi connectivity index (χ3v) is 2.49. The van der Waals surface area contributed by atoms with E-state index in [1.54, 1.807) is 24.3 Å². The zero-order chi connectivity index (χ0) is 11.0. The van der Waals surface area contributed by atoms with Crippen LogP contribution in [-0.2, 0) is 0 Å². The molecule has 0 saturated carbocycles. The first-order chi connectivity index (χ1) is 7.16. The van der Waals surface area contributed by atoms with Crippen LogP contribution in [0.1, 0.15) is 27.6 Å². The highest BCUT2D eigenvalue weighted by molar-refractivity contribution is 6.21. The van der Waals surface area contributed by atoms with Crippen molar-refractivity contribution in [2.75, 3.05) is 6.67 Å². The molecule has 1 aliphatic heterocycles. The molecule has 2 amide bonds. The smallest absolute Gasteiger partial charge is 0.261 e. The van der Waals surface area contributed by atoms with Gasteiger partial charge in [0, 0.05) is 0 Å². The molecule has 3 nitrogen and oxygen atoms in total. The first-order valence-electron chi connectivity index (χ1n) is 4.69. The summed E-state index contributed by atoms with van der Waals surface area (Å²) < 4.78 is 12.5. The SMILES string of the molecule is C[C@@H](CF)N1C(=O)c2ccccc2C1=O. The Bertz CT molecular complexity index is 395. The highest BCUT2D eigenvalue weighted by atomic mass is 19.1. The zero-order valence-corrected chi connectivity index (χ0v) is 8.24. The van der Waals surface area contributed by atoms with Crippen LogP contribution in [0.4, 0.5) is 4.39 Å². The van der Waals surface area contributed by atoms with Crippen molar-refractivity contribution in [3.8, 4) is 0 Å². The first-order valence-corrected chi connectivity index (χ1v) is 4.69. The van der Waals surface area contributed by atoms with E-state index in [2.05, 4.69) is 0 Å². The largest absolute Gasteiger partial charge is 0.269 e. The number of alkyl halides is 1. The highest BCUT2D eigenvalue weighted by Gasteiger charge is 2.37. The van der Waals surface area contributed by atoms with Crippen molar-refractivity contribution in [1.82, 2.24) is 4.90 Å². The Morgan fingerprint density at radius 3 is 2.07 bits per heavy atom. The van der Waals surface area contributed by atoms with Gasteiger partial charge in [0.05, 0.1) is 17.2 Å². The molecular formula is C11H10FNO2. The molecule has 1 heterocycles. The lowest BCUT2D eigenvalue weighted by Crippen LogP contribution is -2.39. The average molecular weight is 207 g/mol. The van der Waals surface area contributed by atoms with E-state index in [0.29, 0.717) is 11.1 Å². The maximum absolute atomic E-state index is 12.5. The van der Waals surface area contributed by atoms with Gasteiger partial charge in [-0.15, -0.1) is 0 Å². The number of hydrogen-bond acceptors (Lipinski definition) is 2. The van der Waals surface area contributed by atoms with Gasteiger partial charge in [-0.3, -0.25) is 14.5 Å². The van der Waals surface area contributed by atoms with Crippen LogP contribution in [0.5, 0.6) is 0 Å². The topological polar surface area (TPSA) is 37.4 Å². The molecule has 15 heavy (non-hydrogen) atoms. The number of carbonyl (C=O) groups excluding carboxylic acids is 2. The van der Waals surface area contributed by atoms with Crippen LogP contribution in [0.25, 0.3) is 0 Å². The van der Waals surface area contributed by atoms with E-state index in [4.69, 9.17) is 0 Å². The molecule has 0 aliphatic carbocycles. The summed E-state index contributed by atoms with van der Waals surface area (Å²) in [5.41, 5.74) is 0.727. The summed E-state index contributed by atoms with van der Waals surface area (Å²) >= 11 is 0. The molecule has 0 aromatic heterocycles. The van der Waals surface area contributed by atoms with E-state index in [1.807, 2.05) is 0 Å². The fourth-order valence-corrected chi connectivity index (χ4v) is 1.68. The summed E-state index contributed by atoms with van der Waals surface area (Å²) in [6.45, 7) is 0.799. The van der Waals surface area contributed by atoms with Gasteiger partial charge in [-0.05, 0) is 19.1 Å². The molecule has 1 aromatic carbocycles. The number of nitrogens with zero attached hydrogens (tertiary/aromatic N) is 1. The normalized spacial score (nSPS) is 16.8. The fraction of sp³-hybridized carbons (Fsp3) is 0.273. The number of benzene rings is 1. The average Bonchev–Trinajstić information content (AvgIpc) is 2.52. The fourth-order valence-electron chi connectivity index (χ4n) is 1.68. The van der Waals surface area contributed by atoms with E-state index in [0.717, 1.165) is 4.90 Å². The standard InChI is InChI=1S/C11H10FNO2/c1-7(6-12)13-10(14)8-4-2-3-5-9(8)11(13)15/h2-5,7H,6H2,1H3/t7-/m0/s1. The summed E-state index contributed by atoms with van der Waals surface area (Å²) in [6, 6.07) is 5.85. The first kappa shape index (κ1) is 9.83. The van der Waals surface area contributed by atoms with Crippen molar-refractivity contribution in [1.29, 1.82) is 0 Å². The van der Waals surface area contributed by atoms with Gasteiger partial charge < -0.3 is 0 Å². The van der Waals surface area contributed by atoms with Gasteiger partial charge in [0.2, 0.25) is 0 Å². The molecule has 1 aromatic rings. The molecule has 2 rings (SSSR count). The minimum Gasteiger partial charge on any atom is -0.269 e. The molecule has 0 spiro atoms. The third-order valence-electron chi connectivity index (χ3n) is 2.49. The molecule has 1 atom stereocenters. The maximum Gasteiger partial charge on any atom is 0.261 e. The van der Waals surface area contributed by atoms with Gasteiger partial charge in [0.1, 0.15) is 6.67 Å². The van der Waals surface area contributed by atoms with Crippen LogP contribution >= 0.6 is 0 Å². The second-order valence-electron chi connectivity index (χ2n) is 3.53. The molecule has 0 saturated heterocycles. The zero-order valence-electron chi connectivity index (χ0n) is 8.24. The van der Waals surface area contributed by atoms with Crippen LogP contribution in [0.15, 0.2) is 24.3 Å². The van der Waals surface area contributed by atoms with Gasteiger partial charge in [0.25, 0.3) is 11.8 Å². The number of hydrogen-bond donors (Lipinski definition) is 0. The summed E-state index contributed by atoms with van der Waals surface area (Å²) in [6.07, 6.45) is 0. The van der Waals surface area contributed by atoms with Gasteiger partial charge in [-0.2, -0.15) is 0 Å². The van der Waals surface area contributed by atoms with E-state index in [9.17, 15) is 14.0 Å². The van der Waals surface area contributed by atoms with Crippen LogP contribution in [-0.4, -0.2) is 29.4 Å². The van der Waals surface area contributed by atoms with Crippen molar-refractivity contribution in [2.45, 2.75) is 13.0 Å². The van der Waals surface area contributed by atoms with E-state index < -0.39 is 24.5 Å². The second-order valence-corrected chi connectivity index (χ2v) is 3.53. The molecule has 0 N–H and O–H groups in total. The Hall–Kier alpha value is -1.71. The van der Waals surface area contributed by atoms with Crippen LogP contribution in [0.3, 0.4) is 0 Å². The molecule has 4 heteroatoms. The number of imide groups is 1. The Balaban J connectivity index is 2.45. The van der Waals surface area contributed by atoms with Crippen molar-refractivity contribution in [2.24, 2.45) is 0 Å². The van der Waals surface area contributed by atoms with E-state index in [1.165, 1.54) is 6.92 Å². The molecule has 0 fully saturated rings. The van der Waals surface area contributed by atoms with Gasteiger partial charge >= 0.3 is 0 Å². The van der Waals surface area contributed by atoms with Crippen molar-refractivity contribution < 1.29 is 14.0 Å². The Kier molecular flexibility index (Phi) is 2.26. The van der Waals surface area contributed by atoms with Crippen LogP contribution in [0.2, 0.25) is 0 Å². The number of fused-ring (bicyclic) bond motifs is 1. The molecule has 0 unspecified atom stereocenters. The predicted molar refractivity (Wildman–Crippen MR) is 52.4 cm³/mol. The molecule has 1 aliphatic rings. The molecule has 0 radical (unpaired) electrons.